The molecule has 1 amide bonds. The highest BCUT2D eigenvalue weighted by molar-refractivity contribution is 7.99. The second-order valence-electron chi connectivity index (χ2n) is 5.88. The van der Waals surface area contributed by atoms with Gasteiger partial charge in [-0.25, -0.2) is 0 Å². The van der Waals surface area contributed by atoms with Crippen LogP contribution in [0.15, 0.2) is 24.3 Å². The van der Waals surface area contributed by atoms with Crippen molar-refractivity contribution < 1.29 is 9.72 Å². The lowest BCUT2D eigenvalue weighted by molar-refractivity contribution is -0.384. The van der Waals surface area contributed by atoms with E-state index in [0.717, 1.165) is 12.2 Å². The number of nitrogens with zero attached hydrogens (tertiary/aromatic N) is 1. The number of amides is 1. The Balaban J connectivity index is 2.06. The first-order chi connectivity index (χ1) is 11.6. The fourth-order valence-electron chi connectivity index (χ4n) is 2.40. The molecule has 0 fully saturated rings. The van der Waals surface area contributed by atoms with E-state index >= 15 is 0 Å². The summed E-state index contributed by atoms with van der Waals surface area (Å²) in [4.78, 5) is 22.1. The lowest BCUT2D eigenvalue weighted by atomic mass is 10.1. The fourth-order valence-corrected chi connectivity index (χ4v) is 3.21. The minimum atomic E-state index is -0.466. The number of rotatable bonds is 13. The van der Waals surface area contributed by atoms with Gasteiger partial charge in [-0.1, -0.05) is 57.9 Å². The van der Waals surface area contributed by atoms with Gasteiger partial charge in [0.25, 0.3) is 5.69 Å². The number of nitrogens with one attached hydrogen (secondary N) is 1. The first-order valence-corrected chi connectivity index (χ1v) is 9.91. The first kappa shape index (κ1) is 20.5. The maximum absolute atomic E-state index is 11.8. The van der Waals surface area contributed by atoms with E-state index in [9.17, 15) is 14.9 Å². The summed E-state index contributed by atoms with van der Waals surface area (Å²) in [5.74, 6) is 1.26. The lowest BCUT2D eigenvalue weighted by Gasteiger charge is -2.05. The number of non-ortho nitro benzene ring substituents is 1. The standard InChI is InChI=1S/C18H28N2O3S/c1-2-3-4-5-6-7-8-9-13-24-15-18(21)19-16-11-10-12-17(14-16)20(22)23/h10-12,14H,2-9,13,15H2,1H3,(H,19,21). The summed E-state index contributed by atoms with van der Waals surface area (Å²) >= 11 is 1.62. The van der Waals surface area contributed by atoms with E-state index in [4.69, 9.17) is 0 Å². The zero-order chi connectivity index (χ0) is 17.6. The molecule has 0 aliphatic heterocycles. The van der Waals surface area contributed by atoms with Crippen LogP contribution in [0.2, 0.25) is 0 Å². The molecule has 1 rings (SSSR count). The molecule has 0 aliphatic carbocycles. The van der Waals surface area contributed by atoms with E-state index in [1.165, 1.54) is 57.1 Å². The number of hydrogen-bond donors (Lipinski definition) is 1. The molecule has 0 aromatic heterocycles. The molecule has 1 aromatic rings. The van der Waals surface area contributed by atoms with E-state index in [0.29, 0.717) is 11.4 Å². The number of carbonyl (C=O) groups excluding carboxylic acids is 1. The Hall–Kier alpha value is -1.56. The van der Waals surface area contributed by atoms with Gasteiger partial charge < -0.3 is 5.32 Å². The summed E-state index contributed by atoms with van der Waals surface area (Å²) in [5.41, 5.74) is 0.460. The minimum absolute atomic E-state index is 0.0145. The van der Waals surface area contributed by atoms with Crippen LogP contribution < -0.4 is 5.32 Å². The molecule has 134 valence electrons. The maximum Gasteiger partial charge on any atom is 0.271 e. The SMILES string of the molecule is CCCCCCCCCCSCC(=O)Nc1cccc([N+](=O)[O-])c1. The van der Waals surface area contributed by atoms with Crippen molar-refractivity contribution in [2.24, 2.45) is 0 Å². The van der Waals surface area contributed by atoms with Crippen molar-refractivity contribution in [3.05, 3.63) is 34.4 Å². The second kappa shape index (κ2) is 12.8. The van der Waals surface area contributed by atoms with E-state index in [1.54, 1.807) is 23.9 Å². The van der Waals surface area contributed by atoms with Crippen molar-refractivity contribution in [3.8, 4) is 0 Å². The third kappa shape index (κ3) is 9.55. The van der Waals surface area contributed by atoms with Crippen molar-refractivity contribution >= 4 is 29.0 Å². The second-order valence-corrected chi connectivity index (χ2v) is 6.99. The van der Waals surface area contributed by atoms with Crippen LogP contribution in [0.1, 0.15) is 58.3 Å². The van der Waals surface area contributed by atoms with Gasteiger partial charge in [-0.05, 0) is 18.2 Å². The molecule has 1 aromatic carbocycles. The third-order valence-corrected chi connectivity index (χ3v) is 4.76. The average molecular weight is 353 g/mol. The zero-order valence-electron chi connectivity index (χ0n) is 14.5. The largest absolute Gasteiger partial charge is 0.325 e. The van der Waals surface area contributed by atoms with Crippen molar-refractivity contribution in [3.63, 3.8) is 0 Å². The van der Waals surface area contributed by atoms with Crippen LogP contribution in [0.3, 0.4) is 0 Å². The predicted octanol–water partition coefficient (Wildman–Crippen LogP) is 5.41. The molecule has 0 saturated carbocycles. The van der Waals surface area contributed by atoms with Gasteiger partial charge in [-0.3, -0.25) is 14.9 Å². The molecular formula is C18H28N2O3S. The number of unbranched alkanes of at least 4 members (excludes halogenated alkanes) is 7. The van der Waals surface area contributed by atoms with Crippen LogP contribution in [0, 0.1) is 10.1 Å². The number of nitro groups is 1. The van der Waals surface area contributed by atoms with Crippen LogP contribution in [0.5, 0.6) is 0 Å². The van der Waals surface area contributed by atoms with Gasteiger partial charge in [0.05, 0.1) is 10.7 Å². The van der Waals surface area contributed by atoms with Crippen LogP contribution in [0.25, 0.3) is 0 Å². The molecule has 5 nitrogen and oxygen atoms in total. The molecule has 1 N–H and O–H groups in total. The van der Waals surface area contributed by atoms with Gasteiger partial charge >= 0.3 is 0 Å². The Morgan fingerprint density at radius 3 is 2.46 bits per heavy atom. The number of hydrogen-bond acceptors (Lipinski definition) is 4. The Morgan fingerprint density at radius 2 is 1.79 bits per heavy atom. The number of carbonyl (C=O) groups is 1. The molecule has 0 spiro atoms. The van der Waals surface area contributed by atoms with E-state index in [2.05, 4.69) is 12.2 Å². The van der Waals surface area contributed by atoms with E-state index in [-0.39, 0.29) is 11.6 Å². The number of benzene rings is 1. The molecule has 0 atom stereocenters. The number of thioether (sulfide) groups is 1. The Kier molecular flexibility index (Phi) is 10.9. The monoisotopic (exact) mass is 352 g/mol. The summed E-state index contributed by atoms with van der Waals surface area (Å²) in [7, 11) is 0. The van der Waals surface area contributed by atoms with Gasteiger partial charge in [0.2, 0.25) is 5.91 Å². The maximum atomic E-state index is 11.8. The zero-order valence-corrected chi connectivity index (χ0v) is 15.3. The molecular weight excluding hydrogens is 324 g/mol. The van der Waals surface area contributed by atoms with E-state index < -0.39 is 4.92 Å². The van der Waals surface area contributed by atoms with Crippen LogP contribution in [0.4, 0.5) is 11.4 Å². The molecule has 0 bridgehead atoms. The summed E-state index contributed by atoms with van der Waals surface area (Å²) in [6.45, 7) is 2.23. The smallest absolute Gasteiger partial charge is 0.271 e. The van der Waals surface area contributed by atoms with Crippen LogP contribution in [-0.2, 0) is 4.79 Å². The van der Waals surface area contributed by atoms with Crippen molar-refractivity contribution in [2.45, 2.75) is 58.3 Å². The van der Waals surface area contributed by atoms with Crippen LogP contribution >= 0.6 is 11.8 Å². The summed E-state index contributed by atoms with van der Waals surface area (Å²) in [5, 5.41) is 13.4. The first-order valence-electron chi connectivity index (χ1n) is 8.75. The third-order valence-electron chi connectivity index (χ3n) is 3.72. The molecule has 0 aliphatic rings. The molecule has 6 heteroatoms. The van der Waals surface area contributed by atoms with Gasteiger partial charge in [0, 0.05) is 17.8 Å². The lowest BCUT2D eigenvalue weighted by Crippen LogP contribution is -2.14. The van der Waals surface area contributed by atoms with Gasteiger partial charge in [0.1, 0.15) is 0 Å². The number of anilines is 1. The highest BCUT2D eigenvalue weighted by Gasteiger charge is 2.08. The van der Waals surface area contributed by atoms with Crippen LogP contribution in [-0.4, -0.2) is 22.3 Å². The fraction of sp³-hybridized carbons (Fsp3) is 0.611. The van der Waals surface area contributed by atoms with Gasteiger partial charge in [-0.15, -0.1) is 0 Å². The summed E-state index contributed by atoms with van der Waals surface area (Å²) in [6.07, 6.45) is 10.3. The van der Waals surface area contributed by atoms with E-state index in [1.807, 2.05) is 0 Å². The molecule has 0 unspecified atom stereocenters. The quantitative estimate of drug-likeness (QED) is 0.293. The predicted molar refractivity (Wildman–Crippen MR) is 102 cm³/mol. The summed E-state index contributed by atoms with van der Waals surface area (Å²) in [6, 6.07) is 6.02. The van der Waals surface area contributed by atoms with Gasteiger partial charge in [0.15, 0.2) is 0 Å². The Morgan fingerprint density at radius 1 is 1.12 bits per heavy atom. The molecule has 24 heavy (non-hydrogen) atoms. The van der Waals surface area contributed by atoms with Crippen molar-refractivity contribution in [2.75, 3.05) is 16.8 Å². The minimum Gasteiger partial charge on any atom is -0.325 e. The molecule has 0 saturated heterocycles. The molecule has 0 radical (unpaired) electrons. The van der Waals surface area contributed by atoms with Gasteiger partial charge in [-0.2, -0.15) is 11.8 Å². The topological polar surface area (TPSA) is 72.2 Å². The average Bonchev–Trinajstić information content (AvgIpc) is 2.56. The Bertz CT molecular complexity index is 509. The van der Waals surface area contributed by atoms with Crippen molar-refractivity contribution in [1.82, 2.24) is 0 Å². The van der Waals surface area contributed by atoms with Crippen molar-refractivity contribution in [1.29, 1.82) is 0 Å². The molecule has 0 heterocycles. The summed E-state index contributed by atoms with van der Waals surface area (Å²) < 4.78 is 0. The number of nitro benzene ring substituents is 1. The highest BCUT2D eigenvalue weighted by Crippen LogP contribution is 2.17. The normalized spacial score (nSPS) is 10.5. The Labute approximate surface area is 148 Å². The highest BCUT2D eigenvalue weighted by atomic mass is 32.2.